The van der Waals surface area contributed by atoms with Gasteiger partial charge in [-0.25, -0.2) is 4.79 Å². The van der Waals surface area contributed by atoms with Crippen LogP contribution in [0.1, 0.15) is 52.9 Å². The lowest BCUT2D eigenvalue weighted by Gasteiger charge is -2.29. The Kier molecular flexibility index (Phi) is 6.09. The van der Waals surface area contributed by atoms with Crippen molar-refractivity contribution in [2.24, 2.45) is 0 Å². The lowest BCUT2D eigenvalue weighted by Crippen LogP contribution is -2.46. The van der Waals surface area contributed by atoms with Gasteiger partial charge in [0.25, 0.3) is 0 Å². The van der Waals surface area contributed by atoms with Crippen LogP contribution in [0.3, 0.4) is 0 Å². The van der Waals surface area contributed by atoms with Crippen molar-refractivity contribution in [3.63, 3.8) is 0 Å². The second-order valence-corrected chi connectivity index (χ2v) is 7.81. The molecule has 0 radical (unpaired) electrons. The molecule has 2 aliphatic heterocycles. The van der Waals surface area contributed by atoms with Gasteiger partial charge in [0.2, 0.25) is 0 Å². The number of hydrogen-bond acceptors (Lipinski definition) is 4. The predicted molar refractivity (Wildman–Crippen MR) is 89.1 cm³/mol. The van der Waals surface area contributed by atoms with E-state index in [1.54, 1.807) is 0 Å². The van der Waals surface area contributed by atoms with Gasteiger partial charge in [0.05, 0.1) is 0 Å². The highest BCUT2D eigenvalue weighted by molar-refractivity contribution is 5.69. The summed E-state index contributed by atoms with van der Waals surface area (Å²) >= 11 is 0. The first kappa shape index (κ1) is 17.5. The third-order valence-corrected chi connectivity index (χ3v) is 4.60. The quantitative estimate of drug-likeness (QED) is 0.869. The van der Waals surface area contributed by atoms with Crippen molar-refractivity contribution in [1.82, 2.24) is 15.1 Å². The van der Waals surface area contributed by atoms with Crippen molar-refractivity contribution in [3.05, 3.63) is 0 Å². The molecule has 2 atom stereocenters. The Morgan fingerprint density at radius 3 is 2.59 bits per heavy atom. The first-order valence-corrected chi connectivity index (χ1v) is 8.77. The second-order valence-electron chi connectivity index (χ2n) is 7.81. The Balaban J connectivity index is 1.79. The van der Waals surface area contributed by atoms with Crippen LogP contribution in [0.15, 0.2) is 0 Å². The summed E-state index contributed by atoms with van der Waals surface area (Å²) in [5.41, 5.74) is -0.413. The van der Waals surface area contributed by atoms with Crippen LogP contribution in [0.25, 0.3) is 0 Å². The molecule has 0 aromatic carbocycles. The molecule has 0 aromatic heterocycles. The molecule has 2 heterocycles. The maximum absolute atomic E-state index is 12.3. The molecule has 1 N–H and O–H groups in total. The maximum Gasteiger partial charge on any atom is 0.410 e. The van der Waals surface area contributed by atoms with Crippen molar-refractivity contribution < 1.29 is 9.53 Å². The Labute approximate surface area is 135 Å². The van der Waals surface area contributed by atoms with Gasteiger partial charge in [0, 0.05) is 25.2 Å². The fraction of sp³-hybridized carbons (Fsp3) is 0.941. The van der Waals surface area contributed by atoms with Gasteiger partial charge in [-0.1, -0.05) is 0 Å². The summed E-state index contributed by atoms with van der Waals surface area (Å²) in [7, 11) is 2.20. The fourth-order valence-corrected chi connectivity index (χ4v) is 3.36. The molecule has 2 saturated heterocycles. The number of carbonyl (C=O) groups excluding carboxylic acids is 1. The van der Waals surface area contributed by atoms with Gasteiger partial charge in [0.1, 0.15) is 5.60 Å². The molecule has 0 spiro atoms. The van der Waals surface area contributed by atoms with E-state index < -0.39 is 5.60 Å². The standard InChI is InChI=1S/C17H33N3O2/c1-17(2,3)22-16(21)20-11-6-8-15(20)13-18-14-7-5-10-19(4)12-9-14/h14-15,18H,5-13H2,1-4H3. The van der Waals surface area contributed by atoms with Gasteiger partial charge in [0.15, 0.2) is 0 Å². The largest absolute Gasteiger partial charge is 0.444 e. The summed E-state index contributed by atoms with van der Waals surface area (Å²) in [6.45, 7) is 9.87. The second kappa shape index (κ2) is 7.64. The number of carbonyl (C=O) groups is 1. The molecule has 0 saturated carbocycles. The normalized spacial score (nSPS) is 27.7. The van der Waals surface area contributed by atoms with Gasteiger partial charge in [-0.3, -0.25) is 0 Å². The van der Waals surface area contributed by atoms with Crippen LogP contribution < -0.4 is 5.32 Å². The zero-order valence-corrected chi connectivity index (χ0v) is 14.7. The summed E-state index contributed by atoms with van der Waals surface area (Å²) in [6, 6.07) is 0.877. The van der Waals surface area contributed by atoms with E-state index in [1.165, 1.54) is 25.8 Å². The Hall–Kier alpha value is -0.810. The molecule has 22 heavy (non-hydrogen) atoms. The average Bonchev–Trinajstić information content (AvgIpc) is 2.78. The Bertz CT molecular complexity index is 367. The molecule has 2 aliphatic rings. The number of hydrogen-bond donors (Lipinski definition) is 1. The van der Waals surface area contributed by atoms with Crippen LogP contribution in [0.5, 0.6) is 0 Å². The van der Waals surface area contributed by atoms with Gasteiger partial charge in [-0.15, -0.1) is 0 Å². The van der Waals surface area contributed by atoms with Crippen molar-refractivity contribution in [2.75, 3.05) is 33.2 Å². The SMILES string of the molecule is CN1CCCC(NCC2CCCN2C(=O)OC(C)(C)C)CC1. The van der Waals surface area contributed by atoms with E-state index in [0.717, 1.165) is 32.5 Å². The zero-order chi connectivity index (χ0) is 16.2. The molecule has 0 aliphatic carbocycles. The molecule has 0 aromatic rings. The summed E-state index contributed by atoms with van der Waals surface area (Å²) in [5.74, 6) is 0. The third kappa shape index (κ3) is 5.43. The summed E-state index contributed by atoms with van der Waals surface area (Å²) in [4.78, 5) is 16.6. The van der Waals surface area contributed by atoms with E-state index in [2.05, 4.69) is 17.3 Å². The molecular formula is C17H33N3O2. The lowest BCUT2D eigenvalue weighted by molar-refractivity contribution is 0.0224. The molecular weight excluding hydrogens is 278 g/mol. The molecule has 2 rings (SSSR count). The molecule has 2 unspecified atom stereocenters. The van der Waals surface area contributed by atoms with Crippen molar-refractivity contribution in [3.8, 4) is 0 Å². The van der Waals surface area contributed by atoms with Crippen LogP contribution in [0.4, 0.5) is 4.79 Å². The smallest absolute Gasteiger partial charge is 0.410 e. The summed E-state index contributed by atoms with van der Waals surface area (Å²) < 4.78 is 5.53. The highest BCUT2D eigenvalue weighted by Gasteiger charge is 2.32. The number of nitrogens with zero attached hydrogens (tertiary/aromatic N) is 2. The van der Waals surface area contributed by atoms with Gasteiger partial charge in [-0.05, 0) is 73.0 Å². The Morgan fingerprint density at radius 1 is 1.14 bits per heavy atom. The van der Waals surface area contributed by atoms with Gasteiger partial charge in [-0.2, -0.15) is 0 Å². The van der Waals surface area contributed by atoms with Crippen LogP contribution in [0, 0.1) is 0 Å². The van der Waals surface area contributed by atoms with Crippen molar-refractivity contribution >= 4 is 6.09 Å². The van der Waals surface area contributed by atoms with Crippen LogP contribution in [-0.2, 0) is 4.74 Å². The number of nitrogens with one attached hydrogen (secondary N) is 1. The van der Waals surface area contributed by atoms with E-state index >= 15 is 0 Å². The number of amides is 1. The molecule has 0 bridgehead atoms. The predicted octanol–water partition coefficient (Wildman–Crippen LogP) is 2.46. The van der Waals surface area contributed by atoms with Crippen molar-refractivity contribution in [2.45, 2.75) is 70.6 Å². The first-order valence-electron chi connectivity index (χ1n) is 8.77. The molecule has 5 heteroatoms. The molecule has 2 fully saturated rings. The minimum atomic E-state index is -0.413. The highest BCUT2D eigenvalue weighted by Crippen LogP contribution is 2.21. The van der Waals surface area contributed by atoms with Crippen LogP contribution in [-0.4, -0.2) is 66.8 Å². The highest BCUT2D eigenvalue weighted by atomic mass is 16.6. The van der Waals surface area contributed by atoms with E-state index in [0.29, 0.717) is 6.04 Å². The zero-order valence-electron chi connectivity index (χ0n) is 14.7. The summed E-state index contributed by atoms with van der Waals surface area (Å²) in [5, 5.41) is 3.70. The lowest BCUT2D eigenvalue weighted by atomic mass is 10.1. The Morgan fingerprint density at radius 2 is 1.86 bits per heavy atom. The third-order valence-electron chi connectivity index (χ3n) is 4.60. The summed E-state index contributed by atoms with van der Waals surface area (Å²) in [6.07, 6.45) is 5.71. The minimum absolute atomic E-state index is 0.155. The number of rotatable bonds is 3. The van der Waals surface area contributed by atoms with Gasteiger partial charge >= 0.3 is 6.09 Å². The van der Waals surface area contributed by atoms with E-state index in [1.807, 2.05) is 25.7 Å². The minimum Gasteiger partial charge on any atom is -0.444 e. The van der Waals surface area contributed by atoms with E-state index in [4.69, 9.17) is 4.74 Å². The van der Waals surface area contributed by atoms with Crippen LogP contribution in [0.2, 0.25) is 0 Å². The maximum atomic E-state index is 12.3. The first-order chi connectivity index (χ1) is 10.3. The van der Waals surface area contributed by atoms with E-state index in [-0.39, 0.29) is 12.1 Å². The number of likely N-dealkylation sites (tertiary alicyclic amines) is 2. The molecule has 5 nitrogen and oxygen atoms in total. The number of ether oxygens (including phenoxy) is 1. The van der Waals surface area contributed by atoms with Gasteiger partial charge < -0.3 is 19.9 Å². The van der Waals surface area contributed by atoms with Crippen molar-refractivity contribution in [1.29, 1.82) is 0 Å². The average molecular weight is 311 g/mol. The fourth-order valence-electron chi connectivity index (χ4n) is 3.36. The van der Waals surface area contributed by atoms with Crippen LogP contribution >= 0.6 is 0 Å². The molecule has 128 valence electrons. The van der Waals surface area contributed by atoms with E-state index in [9.17, 15) is 4.79 Å². The molecule has 1 amide bonds. The topological polar surface area (TPSA) is 44.8 Å². The monoisotopic (exact) mass is 311 g/mol.